The second kappa shape index (κ2) is 7.48. The summed E-state index contributed by atoms with van der Waals surface area (Å²) in [5.41, 5.74) is 0.813. The minimum absolute atomic E-state index is 0.132. The number of hydrogen-bond donors (Lipinski definition) is 3. The summed E-state index contributed by atoms with van der Waals surface area (Å²) in [5, 5.41) is 16.2. The molecule has 3 heterocycles. The number of carbonyl (C=O) groups excluding carboxylic acids is 1. The Morgan fingerprint density at radius 2 is 1.87 bits per heavy atom. The van der Waals surface area contributed by atoms with Crippen molar-refractivity contribution in [1.82, 2.24) is 14.8 Å². The molecule has 9 heteroatoms. The van der Waals surface area contributed by atoms with E-state index < -0.39 is 5.66 Å². The van der Waals surface area contributed by atoms with Gasteiger partial charge in [-0.25, -0.2) is 0 Å². The maximum Gasteiger partial charge on any atom is 0.272 e. The van der Waals surface area contributed by atoms with Gasteiger partial charge in [-0.2, -0.15) is 10.2 Å². The van der Waals surface area contributed by atoms with E-state index in [0.717, 1.165) is 5.56 Å². The van der Waals surface area contributed by atoms with Crippen LogP contribution in [-0.2, 0) is 11.8 Å². The molecule has 0 bridgehead atoms. The largest absolute Gasteiger partial charge is 0.349 e. The van der Waals surface area contributed by atoms with E-state index in [1.54, 1.807) is 42.1 Å². The number of carbonyl (C=O) groups is 1. The first kappa shape index (κ1) is 19.4. The summed E-state index contributed by atoms with van der Waals surface area (Å²) in [6, 6.07) is 7.11. The fourth-order valence-electron chi connectivity index (χ4n) is 3.54. The maximum atomic E-state index is 12.3. The number of hydrogen-bond acceptors (Lipinski definition) is 5. The van der Waals surface area contributed by atoms with Crippen molar-refractivity contribution in [2.75, 3.05) is 5.32 Å². The molecule has 0 unspecified atom stereocenters. The zero-order chi connectivity index (χ0) is 21.3. The number of nitrogens with one attached hydrogen (secondary N) is 3. The molecule has 9 nitrogen and oxygen atoms in total. The van der Waals surface area contributed by atoms with Gasteiger partial charge < -0.3 is 9.88 Å². The highest BCUT2D eigenvalue weighted by molar-refractivity contribution is 5.95. The number of rotatable bonds is 7. The molecule has 0 saturated heterocycles. The van der Waals surface area contributed by atoms with Gasteiger partial charge in [0.2, 0.25) is 5.91 Å². The number of aryl methyl sites for hydroxylation is 1. The lowest BCUT2D eigenvalue weighted by Gasteiger charge is -2.10. The van der Waals surface area contributed by atoms with E-state index in [9.17, 15) is 14.4 Å². The van der Waals surface area contributed by atoms with Crippen molar-refractivity contribution in [3.63, 3.8) is 0 Å². The first-order chi connectivity index (χ1) is 14.4. The molecule has 0 fully saturated rings. The fourth-order valence-corrected chi connectivity index (χ4v) is 3.54. The number of anilines is 1. The summed E-state index contributed by atoms with van der Waals surface area (Å²) in [6.45, 7) is 0. The Bertz CT molecular complexity index is 1300. The van der Waals surface area contributed by atoms with Crippen molar-refractivity contribution in [3.8, 4) is 23.6 Å². The molecule has 0 atom stereocenters. The van der Waals surface area contributed by atoms with Gasteiger partial charge in [0.15, 0.2) is 5.66 Å². The SMILES string of the molecule is C#CCCC1(CCC(=O)Nc2ccc(-c3c4c(=O)[nH][nH]c(=O)c4cn3C)cc2)N=N1. The third kappa shape index (κ3) is 3.67. The highest BCUT2D eigenvalue weighted by atomic mass is 16.2. The van der Waals surface area contributed by atoms with Gasteiger partial charge in [-0.1, -0.05) is 12.1 Å². The molecular weight excluding hydrogens is 384 g/mol. The van der Waals surface area contributed by atoms with Gasteiger partial charge in [0, 0.05) is 44.6 Å². The quantitative estimate of drug-likeness (QED) is 0.524. The van der Waals surface area contributed by atoms with E-state index >= 15 is 0 Å². The molecule has 1 aromatic carbocycles. The number of aromatic nitrogens is 3. The van der Waals surface area contributed by atoms with Crippen LogP contribution in [0, 0.1) is 12.3 Å². The van der Waals surface area contributed by atoms with Gasteiger partial charge in [0.25, 0.3) is 11.1 Å². The standard InChI is InChI=1S/C21H20N6O3/c1-3-4-10-21(25-26-21)11-9-16(28)22-14-7-5-13(6-8-14)18-17-15(12-27(18)2)19(29)23-24-20(17)30/h1,5-8,12H,4,9-11H2,2H3,(H,22,28)(H,23,29)(H,24,30). The Balaban J connectivity index is 1.47. The lowest BCUT2D eigenvalue weighted by molar-refractivity contribution is -0.116. The summed E-state index contributed by atoms with van der Waals surface area (Å²) < 4.78 is 1.74. The van der Waals surface area contributed by atoms with Crippen LogP contribution in [0.3, 0.4) is 0 Å². The van der Waals surface area contributed by atoms with Crippen molar-refractivity contribution in [2.24, 2.45) is 17.3 Å². The molecule has 2 aromatic heterocycles. The lowest BCUT2D eigenvalue weighted by Crippen LogP contribution is -2.18. The highest BCUT2D eigenvalue weighted by Crippen LogP contribution is 2.37. The first-order valence-electron chi connectivity index (χ1n) is 9.50. The Labute approximate surface area is 171 Å². The molecule has 30 heavy (non-hydrogen) atoms. The molecule has 3 N–H and O–H groups in total. The average molecular weight is 404 g/mol. The Morgan fingerprint density at radius 1 is 1.17 bits per heavy atom. The highest BCUT2D eigenvalue weighted by Gasteiger charge is 2.39. The number of nitrogens with zero attached hydrogens (tertiary/aromatic N) is 3. The van der Waals surface area contributed by atoms with E-state index in [1.807, 2.05) is 0 Å². The van der Waals surface area contributed by atoms with Crippen molar-refractivity contribution < 1.29 is 4.79 Å². The molecule has 1 amide bonds. The monoisotopic (exact) mass is 404 g/mol. The lowest BCUT2D eigenvalue weighted by atomic mass is 10.0. The molecule has 3 aromatic rings. The summed E-state index contributed by atoms with van der Waals surface area (Å²) in [5.74, 6) is 2.43. The topological polar surface area (TPSA) is 124 Å². The summed E-state index contributed by atoms with van der Waals surface area (Å²) >= 11 is 0. The van der Waals surface area contributed by atoms with Crippen LogP contribution >= 0.6 is 0 Å². The molecule has 0 radical (unpaired) electrons. The molecule has 4 rings (SSSR count). The van der Waals surface area contributed by atoms with Crippen LogP contribution in [0.25, 0.3) is 22.0 Å². The Morgan fingerprint density at radius 3 is 2.53 bits per heavy atom. The number of aromatic amines is 2. The van der Waals surface area contributed by atoms with E-state index in [2.05, 4.69) is 31.7 Å². The van der Waals surface area contributed by atoms with Crippen molar-refractivity contribution in [2.45, 2.75) is 31.3 Å². The smallest absolute Gasteiger partial charge is 0.272 e. The Hall–Kier alpha value is -3.93. The molecular formula is C21H20N6O3. The van der Waals surface area contributed by atoms with Gasteiger partial charge in [-0.3, -0.25) is 24.6 Å². The van der Waals surface area contributed by atoms with Gasteiger partial charge in [0.05, 0.1) is 16.5 Å². The van der Waals surface area contributed by atoms with Crippen LogP contribution in [0.15, 0.2) is 50.3 Å². The van der Waals surface area contributed by atoms with Crippen LogP contribution in [0.5, 0.6) is 0 Å². The predicted molar refractivity (Wildman–Crippen MR) is 113 cm³/mol. The van der Waals surface area contributed by atoms with Gasteiger partial charge in [-0.15, -0.1) is 12.3 Å². The van der Waals surface area contributed by atoms with Crippen LogP contribution in [0.4, 0.5) is 5.69 Å². The summed E-state index contributed by atoms with van der Waals surface area (Å²) in [4.78, 5) is 36.5. The van der Waals surface area contributed by atoms with Crippen molar-refractivity contribution in [3.05, 3.63) is 51.2 Å². The average Bonchev–Trinajstić information content (AvgIpc) is 3.42. The van der Waals surface area contributed by atoms with Crippen molar-refractivity contribution >= 4 is 22.4 Å². The predicted octanol–water partition coefficient (Wildman–Crippen LogP) is 2.52. The van der Waals surface area contributed by atoms with Gasteiger partial charge >= 0.3 is 0 Å². The normalized spacial score (nSPS) is 13.9. The first-order valence-corrected chi connectivity index (χ1v) is 9.50. The van der Waals surface area contributed by atoms with Crippen LogP contribution in [0.2, 0.25) is 0 Å². The minimum atomic E-state index is -0.480. The minimum Gasteiger partial charge on any atom is -0.349 e. The van der Waals surface area contributed by atoms with Crippen LogP contribution in [-0.4, -0.2) is 26.3 Å². The third-order valence-corrected chi connectivity index (χ3v) is 5.19. The molecule has 152 valence electrons. The number of terminal acetylenes is 1. The maximum absolute atomic E-state index is 12.3. The van der Waals surface area contributed by atoms with E-state index in [-0.39, 0.29) is 17.0 Å². The fraction of sp³-hybridized carbons (Fsp3) is 0.286. The molecule has 0 saturated carbocycles. The van der Waals surface area contributed by atoms with Crippen LogP contribution < -0.4 is 16.4 Å². The molecule has 0 spiro atoms. The summed E-state index contributed by atoms with van der Waals surface area (Å²) in [6.07, 6.45) is 8.97. The summed E-state index contributed by atoms with van der Waals surface area (Å²) in [7, 11) is 1.77. The molecule has 1 aliphatic heterocycles. The van der Waals surface area contributed by atoms with E-state index in [0.29, 0.717) is 47.8 Å². The van der Waals surface area contributed by atoms with Crippen molar-refractivity contribution in [1.29, 1.82) is 0 Å². The van der Waals surface area contributed by atoms with E-state index in [4.69, 9.17) is 6.42 Å². The van der Waals surface area contributed by atoms with Gasteiger partial charge in [0.1, 0.15) is 0 Å². The van der Waals surface area contributed by atoms with Gasteiger partial charge in [-0.05, 0) is 17.7 Å². The second-order valence-electron chi connectivity index (χ2n) is 7.30. The second-order valence-corrected chi connectivity index (χ2v) is 7.30. The zero-order valence-electron chi connectivity index (χ0n) is 16.4. The third-order valence-electron chi connectivity index (χ3n) is 5.19. The van der Waals surface area contributed by atoms with E-state index in [1.165, 1.54) is 0 Å². The Kier molecular flexibility index (Phi) is 4.83. The molecule has 1 aliphatic rings. The number of benzene rings is 1. The van der Waals surface area contributed by atoms with Crippen LogP contribution in [0.1, 0.15) is 25.7 Å². The number of amides is 1. The number of H-pyrrole nitrogens is 2. The number of fused-ring (bicyclic) bond motifs is 1. The zero-order valence-corrected chi connectivity index (χ0v) is 16.4. The molecule has 0 aliphatic carbocycles.